The molecular weight excluding hydrogens is 448 g/mol. The van der Waals surface area contributed by atoms with Crippen molar-refractivity contribution in [3.63, 3.8) is 0 Å². The summed E-state index contributed by atoms with van der Waals surface area (Å²) in [5, 5.41) is 15.0. The third-order valence-electron chi connectivity index (χ3n) is 6.65. The molecule has 1 N–H and O–H groups in total. The fourth-order valence-electron chi connectivity index (χ4n) is 4.92. The van der Waals surface area contributed by atoms with Crippen molar-refractivity contribution in [3.8, 4) is 16.8 Å². The number of hydrogen-bond donors (Lipinski definition) is 1. The highest BCUT2D eigenvalue weighted by atomic mass is 16.1. The average Bonchev–Trinajstić information content (AvgIpc) is 3.55. The first-order chi connectivity index (χ1) is 17.6. The van der Waals surface area contributed by atoms with E-state index in [-0.39, 0.29) is 5.69 Å². The normalized spacial score (nSPS) is 12.1. The van der Waals surface area contributed by atoms with Gasteiger partial charge in [0.15, 0.2) is 0 Å². The van der Waals surface area contributed by atoms with Crippen LogP contribution >= 0.6 is 0 Å². The minimum Gasteiger partial charge on any atom is -0.281 e. The second-order valence-corrected chi connectivity index (χ2v) is 8.99. The lowest BCUT2D eigenvalue weighted by Gasteiger charge is -2.18. The lowest BCUT2D eigenvalue weighted by Crippen LogP contribution is -2.30. The van der Waals surface area contributed by atoms with Crippen molar-refractivity contribution in [1.82, 2.24) is 29.8 Å². The fraction of sp³-hybridized carbons (Fsp3) is 0.241. The summed E-state index contributed by atoms with van der Waals surface area (Å²) in [6.45, 7) is 6.29. The minimum absolute atomic E-state index is 0.107. The molecule has 1 unspecified atom stereocenters. The van der Waals surface area contributed by atoms with Crippen LogP contribution in [-0.4, -0.2) is 29.8 Å². The maximum atomic E-state index is 14.1. The van der Waals surface area contributed by atoms with Gasteiger partial charge >= 0.3 is 5.69 Å². The van der Waals surface area contributed by atoms with Gasteiger partial charge in [-0.15, -0.1) is 10.2 Å². The zero-order chi connectivity index (χ0) is 25.1. The van der Waals surface area contributed by atoms with E-state index in [4.69, 9.17) is 0 Å². The Balaban J connectivity index is 1.69. The van der Waals surface area contributed by atoms with Crippen LogP contribution in [0.3, 0.4) is 0 Å². The molecule has 0 spiro atoms. The Morgan fingerprint density at radius 3 is 2.33 bits per heavy atom. The van der Waals surface area contributed by atoms with E-state index in [9.17, 15) is 4.79 Å². The summed E-state index contributed by atoms with van der Waals surface area (Å²) in [5.74, 6) is 0.458. The molecule has 5 rings (SSSR count). The topological polar surface area (TPSA) is 81.4 Å². The molecule has 7 nitrogen and oxygen atoms in total. The SMILES string of the molecule is CCCc1cn(-c2c(C)cccc2CC)c(=O)n1C(c1ccc(-c2ccccc2)cc1)c1nn[nH]n1. The summed E-state index contributed by atoms with van der Waals surface area (Å²) in [6.07, 6.45) is 4.49. The monoisotopic (exact) mass is 478 g/mol. The highest BCUT2D eigenvalue weighted by Crippen LogP contribution is 2.29. The van der Waals surface area contributed by atoms with Gasteiger partial charge in [0.2, 0.25) is 5.82 Å². The quantitative estimate of drug-likeness (QED) is 0.329. The summed E-state index contributed by atoms with van der Waals surface area (Å²) >= 11 is 0. The van der Waals surface area contributed by atoms with Gasteiger partial charge in [0.1, 0.15) is 6.04 Å². The molecule has 0 aliphatic carbocycles. The Morgan fingerprint density at radius 1 is 0.917 bits per heavy atom. The molecule has 0 aliphatic rings. The molecule has 182 valence electrons. The highest BCUT2D eigenvalue weighted by Gasteiger charge is 2.27. The summed E-state index contributed by atoms with van der Waals surface area (Å²) < 4.78 is 3.63. The smallest absolute Gasteiger partial charge is 0.281 e. The van der Waals surface area contributed by atoms with Crippen LogP contribution in [0.15, 0.2) is 83.8 Å². The number of H-pyrrole nitrogens is 1. The molecule has 0 bridgehead atoms. The van der Waals surface area contributed by atoms with Gasteiger partial charge in [-0.3, -0.25) is 9.13 Å². The number of tetrazole rings is 1. The minimum atomic E-state index is -0.502. The Kier molecular flexibility index (Phi) is 6.62. The number of benzene rings is 3. The Bertz CT molecular complexity index is 1500. The summed E-state index contributed by atoms with van der Waals surface area (Å²) in [7, 11) is 0. The Labute approximate surface area is 210 Å². The van der Waals surface area contributed by atoms with Gasteiger partial charge < -0.3 is 0 Å². The lowest BCUT2D eigenvalue weighted by atomic mass is 10.00. The molecule has 7 heteroatoms. The molecule has 5 aromatic rings. The van der Waals surface area contributed by atoms with Crippen LogP contribution in [0.1, 0.15) is 54.5 Å². The molecule has 2 heterocycles. The van der Waals surface area contributed by atoms with Crippen molar-refractivity contribution in [2.24, 2.45) is 0 Å². The van der Waals surface area contributed by atoms with E-state index in [1.807, 2.05) is 47.2 Å². The van der Waals surface area contributed by atoms with E-state index >= 15 is 0 Å². The largest absolute Gasteiger partial charge is 0.333 e. The first kappa shape index (κ1) is 23.5. The van der Waals surface area contributed by atoms with E-state index in [1.165, 1.54) is 0 Å². The summed E-state index contributed by atoms with van der Waals surface area (Å²) in [5.41, 5.74) is 7.17. The van der Waals surface area contributed by atoms with E-state index in [0.717, 1.165) is 58.5 Å². The van der Waals surface area contributed by atoms with Gasteiger partial charge in [-0.2, -0.15) is 5.21 Å². The predicted molar refractivity (Wildman–Crippen MR) is 141 cm³/mol. The Morgan fingerprint density at radius 2 is 1.67 bits per heavy atom. The van der Waals surface area contributed by atoms with Crippen molar-refractivity contribution < 1.29 is 0 Å². The molecule has 0 radical (unpaired) electrons. The number of aromatic nitrogens is 6. The van der Waals surface area contributed by atoms with E-state index < -0.39 is 6.04 Å². The summed E-state index contributed by atoms with van der Waals surface area (Å²) in [6, 6.07) is 24.2. The second-order valence-electron chi connectivity index (χ2n) is 8.99. The van der Waals surface area contributed by atoms with E-state index in [0.29, 0.717) is 5.82 Å². The van der Waals surface area contributed by atoms with Gasteiger partial charge in [-0.1, -0.05) is 98.3 Å². The van der Waals surface area contributed by atoms with Gasteiger partial charge in [-0.05, 0) is 47.6 Å². The van der Waals surface area contributed by atoms with Crippen molar-refractivity contribution in [3.05, 3.63) is 118 Å². The number of aryl methyl sites for hydroxylation is 3. The predicted octanol–water partition coefficient (Wildman–Crippen LogP) is 5.28. The Hall–Kier alpha value is -4.26. The molecule has 0 saturated carbocycles. The van der Waals surface area contributed by atoms with Crippen LogP contribution in [0.4, 0.5) is 0 Å². The standard InChI is InChI=1S/C29H30N6O/c1-4-10-25-19-34(26-20(3)11-9-14-21(26)5-2)29(36)35(25)27(28-30-32-33-31-28)24-17-15-23(16-18-24)22-12-7-6-8-13-22/h6-9,11-19,27H,4-5,10H2,1-3H3,(H,30,31,32,33). The molecule has 1 atom stereocenters. The van der Waals surface area contributed by atoms with Gasteiger partial charge in [0.05, 0.1) is 5.69 Å². The fourth-order valence-corrected chi connectivity index (χ4v) is 4.92. The highest BCUT2D eigenvalue weighted by molar-refractivity contribution is 5.63. The van der Waals surface area contributed by atoms with Crippen LogP contribution in [0.25, 0.3) is 16.8 Å². The van der Waals surface area contributed by atoms with Crippen molar-refractivity contribution in [2.75, 3.05) is 0 Å². The number of hydrogen-bond acceptors (Lipinski definition) is 4. The number of nitrogens with one attached hydrogen (secondary N) is 1. The lowest BCUT2D eigenvalue weighted by molar-refractivity contribution is 0.581. The molecule has 2 aromatic heterocycles. The van der Waals surface area contributed by atoms with E-state index in [1.54, 1.807) is 4.57 Å². The third-order valence-corrected chi connectivity index (χ3v) is 6.65. The molecule has 0 saturated heterocycles. The van der Waals surface area contributed by atoms with Gasteiger partial charge in [0, 0.05) is 11.9 Å². The molecule has 0 fully saturated rings. The van der Waals surface area contributed by atoms with Crippen molar-refractivity contribution in [2.45, 2.75) is 46.1 Å². The van der Waals surface area contributed by atoms with Crippen LogP contribution in [0.2, 0.25) is 0 Å². The maximum Gasteiger partial charge on any atom is 0.333 e. The van der Waals surface area contributed by atoms with Crippen LogP contribution in [-0.2, 0) is 12.8 Å². The molecule has 36 heavy (non-hydrogen) atoms. The van der Waals surface area contributed by atoms with Crippen LogP contribution in [0.5, 0.6) is 0 Å². The maximum absolute atomic E-state index is 14.1. The average molecular weight is 479 g/mol. The number of rotatable bonds is 8. The van der Waals surface area contributed by atoms with Crippen molar-refractivity contribution >= 4 is 0 Å². The van der Waals surface area contributed by atoms with Gasteiger partial charge in [-0.25, -0.2) is 4.79 Å². The van der Waals surface area contributed by atoms with Crippen LogP contribution in [0, 0.1) is 6.92 Å². The number of nitrogens with zero attached hydrogens (tertiary/aromatic N) is 5. The number of imidazole rings is 1. The van der Waals surface area contributed by atoms with Crippen molar-refractivity contribution in [1.29, 1.82) is 0 Å². The first-order valence-corrected chi connectivity index (χ1v) is 12.4. The van der Waals surface area contributed by atoms with Crippen LogP contribution < -0.4 is 5.69 Å². The summed E-state index contributed by atoms with van der Waals surface area (Å²) in [4.78, 5) is 14.1. The number of para-hydroxylation sites is 1. The molecule has 0 aliphatic heterocycles. The third kappa shape index (κ3) is 4.28. The molecule has 0 amide bonds. The molecular formula is C29H30N6O. The zero-order valence-corrected chi connectivity index (χ0v) is 20.8. The van der Waals surface area contributed by atoms with Gasteiger partial charge in [0.25, 0.3) is 0 Å². The molecule has 3 aromatic carbocycles. The second kappa shape index (κ2) is 10.2. The first-order valence-electron chi connectivity index (χ1n) is 12.4. The van der Waals surface area contributed by atoms with E-state index in [2.05, 4.69) is 77.8 Å². The zero-order valence-electron chi connectivity index (χ0n) is 20.8. The number of aromatic amines is 1.